The van der Waals surface area contributed by atoms with E-state index in [1.165, 1.54) is 6.92 Å². The predicted molar refractivity (Wildman–Crippen MR) is 58.1 cm³/mol. The highest BCUT2D eigenvalue weighted by Gasteiger charge is 2.29. The van der Waals surface area contributed by atoms with Gasteiger partial charge in [0.25, 0.3) is 0 Å². The molecular weight excluding hydrogens is 287 g/mol. The normalized spacial score (nSPS) is 13.9. The van der Waals surface area contributed by atoms with Crippen LogP contribution >= 0.6 is 0 Å². The zero-order valence-corrected chi connectivity index (χ0v) is 10.3. The van der Waals surface area contributed by atoms with Crippen molar-refractivity contribution in [2.75, 3.05) is 6.61 Å². The molecule has 0 fully saturated rings. The van der Waals surface area contributed by atoms with E-state index in [1.807, 2.05) is 0 Å². The predicted octanol–water partition coefficient (Wildman–Crippen LogP) is 1.35. The second-order valence-electron chi connectivity index (χ2n) is 4.28. The van der Waals surface area contributed by atoms with Crippen molar-refractivity contribution < 1.29 is 31.5 Å². The average molecular weight is 298 g/mol. The van der Waals surface area contributed by atoms with Gasteiger partial charge < -0.3 is 16.2 Å². The maximum Gasteiger partial charge on any atom is 0.237 e. The van der Waals surface area contributed by atoms with E-state index >= 15 is 0 Å². The number of ether oxygens (including phenoxy) is 1. The second kappa shape index (κ2) is 5.61. The first-order chi connectivity index (χ1) is 9.09. The van der Waals surface area contributed by atoms with E-state index in [2.05, 4.69) is 4.74 Å². The lowest BCUT2D eigenvalue weighted by atomic mass is 9.99. The van der Waals surface area contributed by atoms with E-state index in [9.17, 15) is 26.7 Å². The van der Waals surface area contributed by atoms with Crippen molar-refractivity contribution >= 4 is 5.91 Å². The van der Waals surface area contributed by atoms with Gasteiger partial charge in [0.2, 0.25) is 35.0 Å². The molecule has 0 spiro atoms. The summed E-state index contributed by atoms with van der Waals surface area (Å²) in [5, 5.41) is 0. The standard InChI is InChI=1S/C11H11F5N2O2/c1-11(18,10(17)19)2-3-20-9-7(15)5(13)4(12)6(14)8(9)16/h2-3,18H2,1H3,(H2,17,19). The lowest BCUT2D eigenvalue weighted by molar-refractivity contribution is -0.123. The van der Waals surface area contributed by atoms with Crippen molar-refractivity contribution in [2.24, 2.45) is 11.5 Å². The Morgan fingerprint density at radius 2 is 1.45 bits per heavy atom. The molecule has 1 unspecified atom stereocenters. The molecule has 0 bridgehead atoms. The molecule has 1 rings (SSSR count). The molecule has 1 amide bonds. The minimum absolute atomic E-state index is 0.276. The summed E-state index contributed by atoms with van der Waals surface area (Å²) < 4.78 is 69.4. The number of hydrogen-bond acceptors (Lipinski definition) is 3. The van der Waals surface area contributed by atoms with Gasteiger partial charge >= 0.3 is 0 Å². The third-order valence-corrected chi connectivity index (χ3v) is 2.60. The molecule has 20 heavy (non-hydrogen) atoms. The fourth-order valence-electron chi connectivity index (χ4n) is 1.20. The molecule has 0 aliphatic heterocycles. The van der Waals surface area contributed by atoms with Gasteiger partial charge in [0.05, 0.1) is 12.1 Å². The van der Waals surface area contributed by atoms with E-state index in [0.29, 0.717) is 0 Å². The van der Waals surface area contributed by atoms with Crippen molar-refractivity contribution in [3.63, 3.8) is 0 Å². The third-order valence-electron chi connectivity index (χ3n) is 2.60. The van der Waals surface area contributed by atoms with Gasteiger partial charge in [-0.3, -0.25) is 4.79 Å². The molecule has 9 heteroatoms. The Labute approximate surface area is 110 Å². The Morgan fingerprint density at radius 1 is 1.05 bits per heavy atom. The zero-order valence-electron chi connectivity index (χ0n) is 10.3. The second-order valence-corrected chi connectivity index (χ2v) is 4.28. The topological polar surface area (TPSA) is 78.3 Å². The number of nitrogens with two attached hydrogens (primary N) is 2. The smallest absolute Gasteiger partial charge is 0.237 e. The van der Waals surface area contributed by atoms with Crippen LogP contribution < -0.4 is 16.2 Å². The molecule has 0 saturated carbocycles. The third kappa shape index (κ3) is 2.98. The highest BCUT2D eigenvalue weighted by molar-refractivity contribution is 5.83. The molecule has 4 N–H and O–H groups in total. The average Bonchev–Trinajstić information content (AvgIpc) is 2.38. The van der Waals surface area contributed by atoms with Gasteiger partial charge in [-0.25, -0.2) is 13.2 Å². The fourth-order valence-corrected chi connectivity index (χ4v) is 1.20. The molecule has 0 aliphatic carbocycles. The van der Waals surface area contributed by atoms with Crippen LogP contribution in [0.3, 0.4) is 0 Å². The van der Waals surface area contributed by atoms with Crippen LogP contribution in [-0.2, 0) is 4.79 Å². The first-order valence-electron chi connectivity index (χ1n) is 5.32. The lowest BCUT2D eigenvalue weighted by Gasteiger charge is -2.20. The summed E-state index contributed by atoms with van der Waals surface area (Å²) in [4.78, 5) is 10.9. The van der Waals surface area contributed by atoms with E-state index in [4.69, 9.17) is 11.5 Å². The van der Waals surface area contributed by atoms with Gasteiger partial charge in [0.15, 0.2) is 5.75 Å². The van der Waals surface area contributed by atoms with Gasteiger partial charge in [0.1, 0.15) is 0 Å². The van der Waals surface area contributed by atoms with Crippen LogP contribution in [0.2, 0.25) is 0 Å². The molecule has 0 aromatic heterocycles. The van der Waals surface area contributed by atoms with Crippen LogP contribution in [0.25, 0.3) is 0 Å². The van der Waals surface area contributed by atoms with Gasteiger partial charge in [-0.2, -0.15) is 8.78 Å². The van der Waals surface area contributed by atoms with E-state index in [0.717, 1.165) is 0 Å². The van der Waals surface area contributed by atoms with Crippen LogP contribution in [0.15, 0.2) is 0 Å². The van der Waals surface area contributed by atoms with Crippen molar-refractivity contribution in [2.45, 2.75) is 18.9 Å². The number of amides is 1. The number of primary amides is 1. The molecule has 1 aromatic carbocycles. The summed E-state index contributed by atoms with van der Waals surface area (Å²) in [5.74, 6) is -13.1. The SMILES string of the molecule is CC(N)(CCOc1c(F)c(F)c(F)c(F)c1F)C(N)=O. The maximum absolute atomic E-state index is 13.2. The number of carbonyl (C=O) groups is 1. The van der Waals surface area contributed by atoms with Crippen LogP contribution in [0.4, 0.5) is 22.0 Å². The molecule has 0 aliphatic rings. The number of carbonyl (C=O) groups excluding carboxylic acids is 1. The first kappa shape index (κ1) is 16.2. The number of hydrogen-bond donors (Lipinski definition) is 2. The molecular formula is C11H11F5N2O2. The number of rotatable bonds is 5. The van der Waals surface area contributed by atoms with Crippen LogP contribution in [-0.4, -0.2) is 18.1 Å². The van der Waals surface area contributed by atoms with Gasteiger partial charge in [-0.15, -0.1) is 0 Å². The summed E-state index contributed by atoms with van der Waals surface area (Å²) >= 11 is 0. The number of halogens is 5. The van der Waals surface area contributed by atoms with Crippen molar-refractivity contribution in [3.05, 3.63) is 29.1 Å². The Kier molecular flexibility index (Phi) is 4.53. The minimum atomic E-state index is -2.28. The molecule has 112 valence electrons. The fraction of sp³-hybridized carbons (Fsp3) is 0.364. The monoisotopic (exact) mass is 298 g/mol. The maximum atomic E-state index is 13.2. The summed E-state index contributed by atoms with van der Waals surface area (Å²) in [6.45, 7) is 0.672. The minimum Gasteiger partial charge on any atom is -0.487 e. The first-order valence-corrected chi connectivity index (χ1v) is 5.32. The van der Waals surface area contributed by atoms with E-state index in [-0.39, 0.29) is 6.42 Å². The number of benzene rings is 1. The highest BCUT2D eigenvalue weighted by atomic mass is 19.2. The van der Waals surface area contributed by atoms with Gasteiger partial charge in [-0.1, -0.05) is 0 Å². The molecule has 0 heterocycles. The van der Waals surface area contributed by atoms with Crippen LogP contribution in [0.5, 0.6) is 5.75 Å². The zero-order chi connectivity index (χ0) is 15.7. The van der Waals surface area contributed by atoms with Crippen molar-refractivity contribution in [3.8, 4) is 5.75 Å². The quantitative estimate of drug-likeness (QED) is 0.489. The Morgan fingerprint density at radius 3 is 1.85 bits per heavy atom. The summed E-state index contributed by atoms with van der Waals surface area (Å²) in [7, 11) is 0. The van der Waals surface area contributed by atoms with E-state index < -0.39 is 52.9 Å². The van der Waals surface area contributed by atoms with Crippen LogP contribution in [0.1, 0.15) is 13.3 Å². The molecule has 0 radical (unpaired) electrons. The Hall–Kier alpha value is -1.90. The highest BCUT2D eigenvalue weighted by Crippen LogP contribution is 2.29. The Balaban J connectivity index is 2.93. The summed E-state index contributed by atoms with van der Waals surface area (Å²) in [5.41, 5.74) is 8.84. The molecule has 0 saturated heterocycles. The lowest BCUT2D eigenvalue weighted by Crippen LogP contribution is -2.50. The molecule has 4 nitrogen and oxygen atoms in total. The van der Waals surface area contributed by atoms with Gasteiger partial charge in [-0.05, 0) is 6.92 Å². The molecule has 1 aromatic rings. The molecule has 1 atom stereocenters. The van der Waals surface area contributed by atoms with Crippen molar-refractivity contribution in [1.82, 2.24) is 0 Å². The summed E-state index contributed by atoms with van der Waals surface area (Å²) in [6.07, 6.45) is -0.276. The van der Waals surface area contributed by atoms with Gasteiger partial charge in [0, 0.05) is 6.42 Å². The Bertz CT molecular complexity index is 519. The van der Waals surface area contributed by atoms with E-state index in [1.54, 1.807) is 0 Å². The largest absolute Gasteiger partial charge is 0.487 e. The van der Waals surface area contributed by atoms with Crippen LogP contribution in [0, 0.1) is 29.1 Å². The van der Waals surface area contributed by atoms with Crippen molar-refractivity contribution in [1.29, 1.82) is 0 Å². The summed E-state index contributed by atoms with van der Waals surface area (Å²) in [6, 6.07) is 0.